The van der Waals surface area contributed by atoms with Crippen molar-refractivity contribution in [2.75, 3.05) is 16.2 Å². The zero-order chi connectivity index (χ0) is 13.8. The van der Waals surface area contributed by atoms with E-state index >= 15 is 0 Å². The Morgan fingerprint density at radius 1 is 1.39 bits per heavy atom. The lowest BCUT2D eigenvalue weighted by molar-refractivity contribution is -0.134. The SMILES string of the molecule is Nc1cnccc1NS(=O)(=O)CCCC(F)(F)F. The Morgan fingerprint density at radius 3 is 2.61 bits per heavy atom. The van der Waals surface area contributed by atoms with E-state index in [1.165, 1.54) is 18.5 Å². The molecule has 0 saturated carbocycles. The molecule has 0 aliphatic heterocycles. The van der Waals surface area contributed by atoms with Crippen molar-refractivity contribution in [1.82, 2.24) is 4.98 Å². The first-order chi connectivity index (χ1) is 8.20. The number of nitrogens with two attached hydrogens (primary N) is 1. The van der Waals surface area contributed by atoms with E-state index in [9.17, 15) is 21.6 Å². The Balaban J connectivity index is 2.58. The third-order valence-corrected chi connectivity index (χ3v) is 3.35. The molecular weight excluding hydrogens is 271 g/mol. The van der Waals surface area contributed by atoms with Gasteiger partial charge in [-0.15, -0.1) is 0 Å². The number of halogens is 3. The topological polar surface area (TPSA) is 85.1 Å². The van der Waals surface area contributed by atoms with E-state index in [0.29, 0.717) is 0 Å². The Morgan fingerprint density at radius 2 is 2.06 bits per heavy atom. The van der Waals surface area contributed by atoms with Gasteiger partial charge in [0.15, 0.2) is 0 Å². The van der Waals surface area contributed by atoms with E-state index in [0.717, 1.165) is 0 Å². The average Bonchev–Trinajstić information content (AvgIpc) is 2.18. The highest BCUT2D eigenvalue weighted by Crippen LogP contribution is 2.22. The van der Waals surface area contributed by atoms with Crippen LogP contribution < -0.4 is 10.5 Å². The molecule has 0 aliphatic rings. The second-order valence-corrected chi connectivity index (χ2v) is 5.44. The number of pyridine rings is 1. The number of rotatable bonds is 5. The summed E-state index contributed by atoms with van der Waals surface area (Å²) >= 11 is 0. The molecule has 0 bridgehead atoms. The van der Waals surface area contributed by atoms with Gasteiger partial charge >= 0.3 is 6.18 Å². The number of alkyl halides is 3. The van der Waals surface area contributed by atoms with Crippen LogP contribution in [0.3, 0.4) is 0 Å². The highest BCUT2D eigenvalue weighted by atomic mass is 32.2. The lowest BCUT2D eigenvalue weighted by atomic mass is 10.3. The predicted molar refractivity (Wildman–Crippen MR) is 61.3 cm³/mol. The summed E-state index contributed by atoms with van der Waals surface area (Å²) in [5.74, 6) is -0.617. The monoisotopic (exact) mass is 283 g/mol. The molecule has 3 N–H and O–H groups in total. The highest BCUT2D eigenvalue weighted by Gasteiger charge is 2.27. The van der Waals surface area contributed by atoms with E-state index in [-0.39, 0.29) is 11.4 Å². The van der Waals surface area contributed by atoms with Crippen LogP contribution in [0.1, 0.15) is 12.8 Å². The van der Waals surface area contributed by atoms with Crippen LogP contribution in [0.25, 0.3) is 0 Å². The fourth-order valence-corrected chi connectivity index (χ4v) is 2.33. The quantitative estimate of drug-likeness (QED) is 0.862. The summed E-state index contributed by atoms with van der Waals surface area (Å²) in [5.41, 5.74) is 5.67. The number of nitrogens with one attached hydrogen (secondary N) is 1. The summed E-state index contributed by atoms with van der Waals surface area (Å²) < 4.78 is 60.7. The van der Waals surface area contributed by atoms with Gasteiger partial charge in [-0.25, -0.2) is 8.42 Å². The summed E-state index contributed by atoms with van der Waals surface area (Å²) in [6.45, 7) is 0. The van der Waals surface area contributed by atoms with Gasteiger partial charge in [0.25, 0.3) is 0 Å². The maximum Gasteiger partial charge on any atom is 0.389 e. The third-order valence-electron chi connectivity index (χ3n) is 1.99. The van der Waals surface area contributed by atoms with Gasteiger partial charge in [-0.2, -0.15) is 13.2 Å². The van der Waals surface area contributed by atoms with Gasteiger partial charge in [0, 0.05) is 12.6 Å². The second kappa shape index (κ2) is 5.42. The molecule has 0 radical (unpaired) electrons. The Bertz CT molecular complexity index is 502. The zero-order valence-electron chi connectivity index (χ0n) is 9.24. The molecule has 18 heavy (non-hydrogen) atoms. The molecular formula is C9H12F3N3O2S. The minimum absolute atomic E-state index is 0.108. The normalized spacial score (nSPS) is 12.4. The van der Waals surface area contributed by atoms with Crippen molar-refractivity contribution in [3.8, 4) is 0 Å². The Labute approximate surface area is 102 Å². The van der Waals surface area contributed by atoms with E-state index in [1.54, 1.807) is 0 Å². The third kappa shape index (κ3) is 5.21. The lowest BCUT2D eigenvalue weighted by Gasteiger charge is -2.10. The summed E-state index contributed by atoms with van der Waals surface area (Å²) in [7, 11) is -3.84. The van der Waals surface area contributed by atoms with Gasteiger partial charge in [-0.3, -0.25) is 9.71 Å². The van der Waals surface area contributed by atoms with Crippen molar-refractivity contribution >= 4 is 21.4 Å². The van der Waals surface area contributed by atoms with Crippen molar-refractivity contribution in [2.45, 2.75) is 19.0 Å². The molecule has 0 spiro atoms. The number of anilines is 2. The molecule has 0 aromatic carbocycles. The first-order valence-electron chi connectivity index (χ1n) is 4.96. The van der Waals surface area contributed by atoms with Gasteiger partial charge in [0.2, 0.25) is 10.0 Å². The van der Waals surface area contributed by atoms with E-state index in [2.05, 4.69) is 9.71 Å². The molecule has 1 rings (SSSR count). The van der Waals surface area contributed by atoms with E-state index < -0.39 is 34.8 Å². The van der Waals surface area contributed by atoms with Crippen LogP contribution in [0.2, 0.25) is 0 Å². The Kier molecular flexibility index (Phi) is 4.38. The van der Waals surface area contributed by atoms with Crippen LogP contribution in [0.5, 0.6) is 0 Å². The van der Waals surface area contributed by atoms with Gasteiger partial charge in [0.05, 0.1) is 23.3 Å². The summed E-state index contributed by atoms with van der Waals surface area (Å²) in [5, 5.41) is 0. The van der Waals surface area contributed by atoms with Gasteiger partial charge < -0.3 is 5.73 Å². The van der Waals surface area contributed by atoms with Crippen LogP contribution in [-0.2, 0) is 10.0 Å². The number of hydrogen-bond acceptors (Lipinski definition) is 4. The number of sulfonamides is 1. The minimum Gasteiger partial charge on any atom is -0.396 e. The fourth-order valence-electron chi connectivity index (χ4n) is 1.18. The van der Waals surface area contributed by atoms with Crippen LogP contribution in [0.15, 0.2) is 18.5 Å². The zero-order valence-corrected chi connectivity index (χ0v) is 10.1. The number of nitrogens with zero attached hydrogens (tertiary/aromatic N) is 1. The predicted octanol–water partition coefficient (Wildman–Crippen LogP) is 1.75. The Hall–Kier alpha value is -1.51. The molecule has 1 aromatic heterocycles. The second-order valence-electron chi connectivity index (χ2n) is 3.60. The summed E-state index contributed by atoms with van der Waals surface area (Å²) in [6, 6.07) is 1.33. The highest BCUT2D eigenvalue weighted by molar-refractivity contribution is 7.92. The molecule has 1 heterocycles. The average molecular weight is 283 g/mol. The van der Waals surface area contributed by atoms with Gasteiger partial charge in [-0.05, 0) is 12.5 Å². The molecule has 1 aromatic rings. The lowest BCUT2D eigenvalue weighted by Crippen LogP contribution is -2.19. The molecule has 5 nitrogen and oxygen atoms in total. The first-order valence-corrected chi connectivity index (χ1v) is 6.61. The van der Waals surface area contributed by atoms with Crippen molar-refractivity contribution < 1.29 is 21.6 Å². The maximum absolute atomic E-state index is 11.9. The van der Waals surface area contributed by atoms with Gasteiger partial charge in [0.1, 0.15) is 0 Å². The van der Waals surface area contributed by atoms with Crippen LogP contribution in [-0.4, -0.2) is 25.3 Å². The minimum atomic E-state index is -4.36. The van der Waals surface area contributed by atoms with E-state index in [4.69, 9.17) is 5.73 Å². The van der Waals surface area contributed by atoms with Crippen molar-refractivity contribution in [1.29, 1.82) is 0 Å². The summed E-state index contributed by atoms with van der Waals surface area (Å²) in [6.07, 6.45) is -3.42. The van der Waals surface area contributed by atoms with Gasteiger partial charge in [-0.1, -0.05) is 0 Å². The van der Waals surface area contributed by atoms with E-state index in [1.807, 2.05) is 0 Å². The maximum atomic E-state index is 11.9. The number of nitrogen functional groups attached to an aromatic ring is 1. The standard InChI is InChI=1S/C9H12F3N3O2S/c10-9(11,12)3-1-5-18(16,17)15-8-2-4-14-6-7(8)13/h2,4,6H,1,3,5,13H2,(H,14,15). The largest absolute Gasteiger partial charge is 0.396 e. The molecule has 0 unspecified atom stereocenters. The summed E-state index contributed by atoms with van der Waals surface area (Å²) in [4.78, 5) is 3.66. The molecule has 0 fully saturated rings. The molecule has 0 atom stereocenters. The smallest absolute Gasteiger partial charge is 0.389 e. The molecule has 0 aliphatic carbocycles. The number of aromatic nitrogens is 1. The van der Waals surface area contributed by atoms with Crippen LogP contribution in [0.4, 0.5) is 24.5 Å². The van der Waals surface area contributed by atoms with Crippen LogP contribution >= 0.6 is 0 Å². The first kappa shape index (κ1) is 14.6. The van der Waals surface area contributed by atoms with Crippen molar-refractivity contribution in [3.05, 3.63) is 18.5 Å². The van der Waals surface area contributed by atoms with Crippen LogP contribution in [0, 0.1) is 0 Å². The van der Waals surface area contributed by atoms with Crippen molar-refractivity contribution in [2.24, 2.45) is 0 Å². The molecule has 102 valence electrons. The molecule has 0 saturated heterocycles. The fraction of sp³-hybridized carbons (Fsp3) is 0.444. The number of hydrogen-bond donors (Lipinski definition) is 2. The molecule has 9 heteroatoms. The molecule has 0 amide bonds. The van der Waals surface area contributed by atoms with Crippen molar-refractivity contribution in [3.63, 3.8) is 0 Å².